The number of hydrogen-bond donors (Lipinski definition) is 1. The van der Waals surface area contributed by atoms with E-state index in [2.05, 4.69) is 21.2 Å². The first kappa shape index (κ1) is 11.6. The quantitative estimate of drug-likeness (QED) is 0.868. The minimum atomic E-state index is 0.572. The average molecular weight is 307 g/mol. The smallest absolute Gasteiger partial charge is 0.0648 e. The predicted octanol–water partition coefficient (Wildman–Crippen LogP) is 4.41. The Balaban J connectivity index is 2.03. The van der Waals surface area contributed by atoms with Crippen molar-refractivity contribution in [2.75, 3.05) is 16.8 Å². The summed E-state index contributed by atoms with van der Waals surface area (Å²) in [6, 6.07) is 6.55. The standard InChI is InChI=1S/C11H13BrClNS/c12-8-3-4-11(10(13)6-8)14-9-2-1-5-15-7-9/h3-4,6,9,14H,1-2,5,7H2. The summed E-state index contributed by atoms with van der Waals surface area (Å²) in [6.45, 7) is 0. The summed E-state index contributed by atoms with van der Waals surface area (Å²) >= 11 is 11.6. The molecule has 15 heavy (non-hydrogen) atoms. The Hall–Kier alpha value is 0.140. The second-order valence-electron chi connectivity index (χ2n) is 3.68. The van der Waals surface area contributed by atoms with Gasteiger partial charge in [-0.2, -0.15) is 11.8 Å². The maximum atomic E-state index is 6.15. The van der Waals surface area contributed by atoms with Crippen LogP contribution in [0.2, 0.25) is 5.02 Å². The minimum Gasteiger partial charge on any atom is -0.380 e. The molecule has 82 valence electrons. The molecule has 4 heteroatoms. The van der Waals surface area contributed by atoms with E-state index in [1.165, 1.54) is 24.3 Å². The van der Waals surface area contributed by atoms with E-state index in [0.717, 1.165) is 15.2 Å². The van der Waals surface area contributed by atoms with Crippen LogP contribution in [0.1, 0.15) is 12.8 Å². The van der Waals surface area contributed by atoms with Crippen LogP contribution < -0.4 is 5.32 Å². The second kappa shape index (κ2) is 5.46. The van der Waals surface area contributed by atoms with Crippen molar-refractivity contribution in [2.24, 2.45) is 0 Å². The van der Waals surface area contributed by atoms with Crippen LogP contribution in [0.25, 0.3) is 0 Å². The van der Waals surface area contributed by atoms with Crippen molar-refractivity contribution in [3.63, 3.8) is 0 Å². The van der Waals surface area contributed by atoms with Crippen LogP contribution in [0.3, 0.4) is 0 Å². The summed E-state index contributed by atoms with van der Waals surface area (Å²) in [7, 11) is 0. The van der Waals surface area contributed by atoms with Crippen molar-refractivity contribution >= 4 is 45.0 Å². The van der Waals surface area contributed by atoms with Gasteiger partial charge in [-0.25, -0.2) is 0 Å². The van der Waals surface area contributed by atoms with Gasteiger partial charge in [-0.1, -0.05) is 27.5 Å². The minimum absolute atomic E-state index is 0.572. The summed E-state index contributed by atoms with van der Waals surface area (Å²) in [5.41, 5.74) is 1.05. The SMILES string of the molecule is Clc1cc(Br)ccc1NC1CCCSC1. The van der Waals surface area contributed by atoms with Crippen LogP contribution in [-0.2, 0) is 0 Å². The van der Waals surface area contributed by atoms with E-state index >= 15 is 0 Å². The molecule has 0 aliphatic carbocycles. The van der Waals surface area contributed by atoms with Crippen molar-refractivity contribution in [2.45, 2.75) is 18.9 Å². The molecule has 1 saturated heterocycles. The lowest BCUT2D eigenvalue weighted by Gasteiger charge is -2.24. The van der Waals surface area contributed by atoms with Crippen molar-refractivity contribution in [3.05, 3.63) is 27.7 Å². The van der Waals surface area contributed by atoms with Crippen LogP contribution in [0.4, 0.5) is 5.69 Å². The summed E-state index contributed by atoms with van der Waals surface area (Å²) < 4.78 is 1.02. The van der Waals surface area contributed by atoms with E-state index in [9.17, 15) is 0 Å². The highest BCUT2D eigenvalue weighted by Crippen LogP contribution is 2.28. The third kappa shape index (κ3) is 3.30. The van der Waals surface area contributed by atoms with E-state index < -0.39 is 0 Å². The zero-order valence-electron chi connectivity index (χ0n) is 8.30. The number of benzene rings is 1. The molecule has 1 aliphatic heterocycles. The number of hydrogen-bond acceptors (Lipinski definition) is 2. The van der Waals surface area contributed by atoms with Gasteiger partial charge < -0.3 is 5.32 Å². The predicted molar refractivity (Wildman–Crippen MR) is 73.1 cm³/mol. The van der Waals surface area contributed by atoms with E-state index in [1.54, 1.807) is 0 Å². The monoisotopic (exact) mass is 305 g/mol. The van der Waals surface area contributed by atoms with Crippen molar-refractivity contribution in [1.82, 2.24) is 0 Å². The zero-order valence-corrected chi connectivity index (χ0v) is 11.5. The van der Waals surface area contributed by atoms with Crippen molar-refractivity contribution in [3.8, 4) is 0 Å². The van der Waals surface area contributed by atoms with Gasteiger partial charge in [0.1, 0.15) is 0 Å². The van der Waals surface area contributed by atoms with Crippen LogP contribution in [-0.4, -0.2) is 17.5 Å². The lowest BCUT2D eigenvalue weighted by molar-refractivity contribution is 0.685. The van der Waals surface area contributed by atoms with E-state index in [1.807, 2.05) is 30.0 Å². The summed E-state index contributed by atoms with van der Waals surface area (Å²) in [4.78, 5) is 0. The summed E-state index contributed by atoms with van der Waals surface area (Å²) in [5, 5.41) is 4.29. The largest absolute Gasteiger partial charge is 0.380 e. The molecule has 1 aromatic rings. The second-order valence-corrected chi connectivity index (χ2v) is 6.16. The Labute approximate surface area is 108 Å². The first-order valence-electron chi connectivity index (χ1n) is 5.05. The van der Waals surface area contributed by atoms with Gasteiger partial charge in [-0.15, -0.1) is 0 Å². The average Bonchev–Trinajstić information content (AvgIpc) is 2.24. The van der Waals surface area contributed by atoms with Crippen molar-refractivity contribution in [1.29, 1.82) is 0 Å². The number of thioether (sulfide) groups is 1. The van der Waals surface area contributed by atoms with Gasteiger partial charge in [-0.3, -0.25) is 0 Å². The van der Waals surface area contributed by atoms with E-state index in [0.29, 0.717) is 6.04 Å². The first-order valence-corrected chi connectivity index (χ1v) is 7.37. The number of halogens is 2. The fourth-order valence-electron chi connectivity index (χ4n) is 1.68. The Morgan fingerprint density at radius 2 is 2.33 bits per heavy atom. The first-order chi connectivity index (χ1) is 7.25. The molecule has 2 rings (SSSR count). The Morgan fingerprint density at radius 3 is 3.00 bits per heavy atom. The Morgan fingerprint density at radius 1 is 1.47 bits per heavy atom. The molecule has 1 fully saturated rings. The van der Waals surface area contributed by atoms with E-state index in [-0.39, 0.29) is 0 Å². The highest BCUT2D eigenvalue weighted by atomic mass is 79.9. The summed E-state index contributed by atoms with van der Waals surface area (Å²) in [5.74, 6) is 2.48. The van der Waals surface area contributed by atoms with Crippen LogP contribution in [0.5, 0.6) is 0 Å². The van der Waals surface area contributed by atoms with Crippen LogP contribution >= 0.6 is 39.3 Å². The molecule has 1 nitrogen and oxygen atoms in total. The van der Waals surface area contributed by atoms with Crippen molar-refractivity contribution < 1.29 is 0 Å². The fraction of sp³-hybridized carbons (Fsp3) is 0.455. The van der Waals surface area contributed by atoms with Gasteiger partial charge in [0.05, 0.1) is 10.7 Å². The highest BCUT2D eigenvalue weighted by molar-refractivity contribution is 9.10. The molecule has 0 aromatic heterocycles. The molecular formula is C11H13BrClNS. The molecule has 0 bridgehead atoms. The molecule has 1 unspecified atom stereocenters. The van der Waals surface area contributed by atoms with E-state index in [4.69, 9.17) is 11.6 Å². The maximum absolute atomic E-state index is 6.15. The molecular weight excluding hydrogens is 294 g/mol. The molecule has 0 spiro atoms. The number of anilines is 1. The molecule has 1 atom stereocenters. The topological polar surface area (TPSA) is 12.0 Å². The van der Waals surface area contributed by atoms with Gasteiger partial charge >= 0.3 is 0 Å². The van der Waals surface area contributed by atoms with Gasteiger partial charge in [0, 0.05) is 16.3 Å². The maximum Gasteiger partial charge on any atom is 0.0648 e. The number of rotatable bonds is 2. The fourth-order valence-corrected chi connectivity index (χ4v) is 3.48. The molecule has 0 amide bonds. The molecule has 1 heterocycles. The van der Waals surface area contributed by atoms with Gasteiger partial charge in [0.2, 0.25) is 0 Å². The van der Waals surface area contributed by atoms with Gasteiger partial charge in [0.15, 0.2) is 0 Å². The molecule has 0 radical (unpaired) electrons. The van der Waals surface area contributed by atoms with Crippen LogP contribution in [0, 0.1) is 0 Å². The molecule has 1 N–H and O–H groups in total. The Kier molecular flexibility index (Phi) is 4.23. The zero-order chi connectivity index (χ0) is 10.7. The highest BCUT2D eigenvalue weighted by Gasteiger charge is 2.14. The summed E-state index contributed by atoms with van der Waals surface area (Å²) in [6.07, 6.45) is 2.55. The van der Waals surface area contributed by atoms with Gasteiger partial charge in [0.25, 0.3) is 0 Å². The third-order valence-electron chi connectivity index (χ3n) is 2.45. The molecule has 1 aromatic carbocycles. The normalized spacial score (nSPS) is 21.3. The lowest BCUT2D eigenvalue weighted by Crippen LogP contribution is -2.25. The molecule has 1 aliphatic rings. The Bertz CT molecular complexity index is 339. The third-order valence-corrected chi connectivity index (χ3v) is 4.47. The van der Waals surface area contributed by atoms with Crippen LogP contribution in [0.15, 0.2) is 22.7 Å². The lowest BCUT2D eigenvalue weighted by atomic mass is 10.1. The molecule has 0 saturated carbocycles. The van der Waals surface area contributed by atoms with Gasteiger partial charge in [-0.05, 0) is 36.8 Å². The number of nitrogens with one attached hydrogen (secondary N) is 1.